The first-order valence-electron chi connectivity index (χ1n) is 11.4. The second kappa shape index (κ2) is 15.1. The van der Waals surface area contributed by atoms with Crippen molar-refractivity contribution in [2.75, 3.05) is 0 Å². The van der Waals surface area contributed by atoms with Crippen LogP contribution in [0.1, 0.15) is 57.4 Å². The number of benzene rings is 3. The summed E-state index contributed by atoms with van der Waals surface area (Å²) in [6.07, 6.45) is 8.74. The van der Waals surface area contributed by atoms with Gasteiger partial charge in [0, 0.05) is 0 Å². The van der Waals surface area contributed by atoms with Crippen LogP contribution in [-0.4, -0.2) is 11.3 Å². The molecule has 0 spiro atoms. The van der Waals surface area contributed by atoms with Crippen LogP contribution in [0.15, 0.2) is 99.6 Å². The molecule has 0 aliphatic carbocycles. The van der Waals surface area contributed by atoms with Crippen LogP contribution in [0.5, 0.6) is 0 Å². The van der Waals surface area contributed by atoms with Gasteiger partial charge in [-0.15, -0.1) is 0 Å². The fourth-order valence-corrected chi connectivity index (χ4v) is 5.68. The van der Waals surface area contributed by atoms with Gasteiger partial charge in [-0.05, 0) is 54.8 Å². The molecule has 1 N–H and O–H groups in total. The van der Waals surface area contributed by atoms with Gasteiger partial charge in [0.2, 0.25) is 6.16 Å². The van der Waals surface area contributed by atoms with Crippen molar-refractivity contribution in [2.45, 2.75) is 73.0 Å². The normalized spacial score (nSPS) is 10.4. The lowest BCUT2D eigenvalue weighted by molar-refractivity contribution is -0.275. The number of hydrogen-bond donors (Lipinski definition) is 1. The number of aryl methyl sites for hydroxylation is 1. The van der Waals surface area contributed by atoms with E-state index in [0.717, 1.165) is 0 Å². The quantitative estimate of drug-likeness (QED) is 0.254. The van der Waals surface area contributed by atoms with Gasteiger partial charge in [0.15, 0.2) is 14.7 Å². The van der Waals surface area contributed by atoms with Crippen molar-refractivity contribution in [1.29, 1.82) is 0 Å². The molecule has 0 heterocycles. The molecule has 0 aliphatic heterocycles. The number of carboxylic acid groups (broad SMARTS) is 2. The number of unbranched alkanes of at least 4 members (excludes halogenated alkanes) is 6. The molecular formula is C28H34O3S. The van der Waals surface area contributed by atoms with Crippen molar-refractivity contribution in [3.63, 3.8) is 0 Å². The molecule has 0 aliphatic rings. The van der Waals surface area contributed by atoms with Gasteiger partial charge < -0.3 is 15.0 Å². The fraction of sp³-hybridized carbons (Fsp3) is 0.321. The van der Waals surface area contributed by atoms with E-state index in [9.17, 15) is 0 Å². The molecule has 0 aromatic heterocycles. The Morgan fingerprint density at radius 2 is 1.09 bits per heavy atom. The number of carbonyl (C=O) groups is 1. The molecule has 0 saturated carbocycles. The summed E-state index contributed by atoms with van der Waals surface area (Å²) in [5, 5.41) is 15.3. The van der Waals surface area contributed by atoms with Crippen molar-refractivity contribution in [3.05, 3.63) is 90.5 Å². The Balaban J connectivity index is 0.000000837. The summed E-state index contributed by atoms with van der Waals surface area (Å²) in [5.41, 5.74) is 1.47. The summed E-state index contributed by atoms with van der Waals surface area (Å²) in [6.45, 7) is 2.28. The van der Waals surface area contributed by atoms with Crippen LogP contribution in [-0.2, 0) is 17.3 Å². The van der Waals surface area contributed by atoms with Gasteiger partial charge in [0.25, 0.3) is 0 Å². The standard InChI is InChI=1S/C27H33S.CH2O3/c1-2-3-4-5-6-7-10-15-24-20-22-27(23-21-24)28(25-16-11-8-12-17-25)26-18-13-9-14-19-26;2-1(3)4/h8-9,11-14,16-23H,2-7,10,15H2,1H3;(H2,2,3,4)/q+1;/p-1. The molecule has 3 rings (SSSR count). The lowest BCUT2D eigenvalue weighted by atomic mass is 10.0. The average Bonchev–Trinajstić information content (AvgIpc) is 2.81. The van der Waals surface area contributed by atoms with Crippen molar-refractivity contribution >= 4 is 17.1 Å². The SMILES string of the molecule is CCCCCCCCCc1ccc([S+](c2ccccc2)c2ccccc2)cc1.O=C([O-])O. The summed E-state index contributed by atoms with van der Waals surface area (Å²) >= 11 is 0. The van der Waals surface area contributed by atoms with E-state index in [1.165, 1.54) is 71.6 Å². The molecule has 0 bridgehead atoms. The van der Waals surface area contributed by atoms with Crippen LogP contribution in [0, 0.1) is 0 Å². The van der Waals surface area contributed by atoms with Crippen molar-refractivity contribution < 1.29 is 15.0 Å². The predicted octanol–water partition coefficient (Wildman–Crippen LogP) is 6.96. The molecule has 0 unspecified atom stereocenters. The molecule has 3 nitrogen and oxygen atoms in total. The number of rotatable bonds is 11. The highest BCUT2D eigenvalue weighted by Crippen LogP contribution is 2.31. The number of hydrogen-bond acceptors (Lipinski definition) is 2. The third-order valence-electron chi connectivity index (χ3n) is 5.19. The third-order valence-corrected chi connectivity index (χ3v) is 7.42. The lowest BCUT2D eigenvalue weighted by Gasteiger charge is -2.09. The molecule has 32 heavy (non-hydrogen) atoms. The second-order valence-electron chi connectivity index (χ2n) is 7.71. The molecule has 4 heteroatoms. The molecule has 0 saturated heterocycles. The van der Waals surface area contributed by atoms with Gasteiger partial charge in [0.05, 0.1) is 10.9 Å². The predicted molar refractivity (Wildman–Crippen MR) is 131 cm³/mol. The third kappa shape index (κ3) is 9.61. The summed E-state index contributed by atoms with van der Waals surface area (Å²) in [4.78, 5) is 12.6. The smallest absolute Gasteiger partial charge is 0.249 e. The fourth-order valence-electron chi connectivity index (χ4n) is 3.60. The Bertz CT molecular complexity index is 836. The van der Waals surface area contributed by atoms with E-state index in [0.29, 0.717) is 0 Å². The van der Waals surface area contributed by atoms with Crippen LogP contribution in [0.3, 0.4) is 0 Å². The Kier molecular flexibility index (Phi) is 12.1. The van der Waals surface area contributed by atoms with Crippen molar-refractivity contribution in [1.82, 2.24) is 0 Å². The second-order valence-corrected chi connectivity index (χ2v) is 9.74. The van der Waals surface area contributed by atoms with E-state index < -0.39 is 6.16 Å². The zero-order valence-corrected chi connectivity index (χ0v) is 19.7. The molecule has 0 radical (unpaired) electrons. The van der Waals surface area contributed by atoms with Gasteiger partial charge >= 0.3 is 0 Å². The molecule has 170 valence electrons. The highest BCUT2D eigenvalue weighted by molar-refractivity contribution is 7.97. The molecule has 0 fully saturated rings. The maximum Gasteiger partial charge on any atom is 0.249 e. The van der Waals surface area contributed by atoms with Gasteiger partial charge in [0.1, 0.15) is 0 Å². The van der Waals surface area contributed by atoms with Gasteiger partial charge in [-0.1, -0.05) is 94.0 Å². The molecule has 0 atom stereocenters. The van der Waals surface area contributed by atoms with E-state index in [1.807, 2.05) is 0 Å². The minimum atomic E-state index is -2.08. The highest BCUT2D eigenvalue weighted by atomic mass is 32.2. The summed E-state index contributed by atoms with van der Waals surface area (Å²) in [5.74, 6) is 0. The first kappa shape index (κ1) is 25.5. The highest BCUT2D eigenvalue weighted by Gasteiger charge is 2.27. The van der Waals surface area contributed by atoms with Gasteiger partial charge in [-0.2, -0.15) is 0 Å². The van der Waals surface area contributed by atoms with E-state index in [2.05, 4.69) is 91.9 Å². The summed E-state index contributed by atoms with van der Waals surface area (Å²) in [6, 6.07) is 31.2. The molecular weight excluding hydrogens is 416 g/mol. The molecule has 3 aromatic rings. The summed E-state index contributed by atoms with van der Waals surface area (Å²) in [7, 11) is -0.0351. The monoisotopic (exact) mass is 450 g/mol. The Morgan fingerprint density at radius 3 is 1.56 bits per heavy atom. The largest absolute Gasteiger partial charge is 0.565 e. The van der Waals surface area contributed by atoms with Crippen molar-refractivity contribution in [2.24, 2.45) is 0 Å². The van der Waals surface area contributed by atoms with E-state index in [-0.39, 0.29) is 10.9 Å². The maximum absolute atomic E-state index is 8.44. The maximum atomic E-state index is 8.44. The van der Waals surface area contributed by atoms with E-state index >= 15 is 0 Å². The molecule has 0 amide bonds. The minimum Gasteiger partial charge on any atom is -0.565 e. The topological polar surface area (TPSA) is 60.4 Å². The van der Waals surface area contributed by atoms with Crippen LogP contribution >= 0.6 is 0 Å². The minimum absolute atomic E-state index is 0.0351. The van der Waals surface area contributed by atoms with Crippen molar-refractivity contribution in [3.8, 4) is 0 Å². The Hall–Kier alpha value is -2.72. The van der Waals surface area contributed by atoms with Gasteiger partial charge in [-0.25, -0.2) is 0 Å². The first-order valence-corrected chi connectivity index (χ1v) is 12.7. The Morgan fingerprint density at radius 1 is 0.688 bits per heavy atom. The van der Waals surface area contributed by atoms with Crippen LogP contribution in [0.25, 0.3) is 0 Å². The Labute approximate surface area is 195 Å². The summed E-state index contributed by atoms with van der Waals surface area (Å²) < 4.78 is 0. The van der Waals surface area contributed by atoms with Crippen LogP contribution in [0.2, 0.25) is 0 Å². The van der Waals surface area contributed by atoms with E-state index in [1.54, 1.807) is 0 Å². The zero-order valence-electron chi connectivity index (χ0n) is 18.9. The van der Waals surface area contributed by atoms with Gasteiger partial charge in [-0.3, -0.25) is 0 Å². The first-order chi connectivity index (χ1) is 15.6. The zero-order chi connectivity index (χ0) is 23.0. The van der Waals surface area contributed by atoms with Crippen LogP contribution < -0.4 is 5.11 Å². The lowest BCUT2D eigenvalue weighted by Crippen LogP contribution is -2.17. The van der Waals surface area contributed by atoms with Crippen LogP contribution in [0.4, 0.5) is 4.79 Å². The van der Waals surface area contributed by atoms with E-state index in [4.69, 9.17) is 15.0 Å². The average molecular weight is 451 g/mol. The molecule has 3 aromatic carbocycles.